The lowest BCUT2D eigenvalue weighted by Crippen LogP contribution is -2.44. The first kappa shape index (κ1) is 18.6. The van der Waals surface area contributed by atoms with Crippen molar-refractivity contribution < 1.29 is 18.7 Å². The standard InChI is InChI=1S/C19H15ClFN3O3/c20-15-7-8-16(19-14(15)2-1-9-22-19)27-11-18(26)24-23-17(25)10-12-3-5-13(21)6-4-12/h1-9H,10-11H2,(H,23,25)(H,24,26). The van der Waals surface area contributed by atoms with Gasteiger partial charge in [-0.1, -0.05) is 23.7 Å². The average Bonchev–Trinajstić information content (AvgIpc) is 2.68. The van der Waals surface area contributed by atoms with Gasteiger partial charge in [-0.25, -0.2) is 4.39 Å². The van der Waals surface area contributed by atoms with Crippen LogP contribution in [0.2, 0.25) is 5.02 Å². The van der Waals surface area contributed by atoms with Gasteiger partial charge in [0.2, 0.25) is 5.91 Å². The fraction of sp³-hybridized carbons (Fsp3) is 0.105. The van der Waals surface area contributed by atoms with Crippen molar-refractivity contribution in [2.75, 3.05) is 6.61 Å². The van der Waals surface area contributed by atoms with Gasteiger partial charge in [0.05, 0.1) is 11.4 Å². The number of aromatic nitrogens is 1. The molecular weight excluding hydrogens is 373 g/mol. The van der Waals surface area contributed by atoms with Crippen LogP contribution in [0.25, 0.3) is 10.9 Å². The van der Waals surface area contributed by atoms with Crippen LogP contribution in [0.3, 0.4) is 0 Å². The molecule has 2 N–H and O–H groups in total. The number of nitrogens with one attached hydrogen (secondary N) is 2. The van der Waals surface area contributed by atoms with Gasteiger partial charge in [-0.2, -0.15) is 0 Å². The summed E-state index contributed by atoms with van der Waals surface area (Å²) in [5, 5.41) is 1.24. The van der Waals surface area contributed by atoms with Gasteiger partial charge >= 0.3 is 0 Å². The predicted octanol–water partition coefficient (Wildman–Crippen LogP) is 2.80. The van der Waals surface area contributed by atoms with Crippen molar-refractivity contribution >= 4 is 34.3 Å². The molecule has 27 heavy (non-hydrogen) atoms. The Bertz CT molecular complexity index is 980. The lowest BCUT2D eigenvalue weighted by atomic mass is 10.1. The van der Waals surface area contributed by atoms with Crippen LogP contribution >= 0.6 is 11.6 Å². The van der Waals surface area contributed by atoms with E-state index in [1.165, 1.54) is 24.3 Å². The molecule has 0 fully saturated rings. The molecule has 2 aromatic carbocycles. The van der Waals surface area contributed by atoms with Crippen molar-refractivity contribution in [3.05, 3.63) is 71.1 Å². The molecule has 0 bridgehead atoms. The van der Waals surface area contributed by atoms with Crippen molar-refractivity contribution in [2.45, 2.75) is 6.42 Å². The highest BCUT2D eigenvalue weighted by molar-refractivity contribution is 6.35. The summed E-state index contributed by atoms with van der Waals surface area (Å²) in [7, 11) is 0. The largest absolute Gasteiger partial charge is 0.481 e. The van der Waals surface area contributed by atoms with E-state index < -0.39 is 11.8 Å². The van der Waals surface area contributed by atoms with Crippen LogP contribution in [-0.4, -0.2) is 23.4 Å². The summed E-state index contributed by atoms with van der Waals surface area (Å²) in [6, 6.07) is 12.4. The first-order valence-corrected chi connectivity index (χ1v) is 8.39. The summed E-state index contributed by atoms with van der Waals surface area (Å²) in [5.41, 5.74) is 5.70. The monoisotopic (exact) mass is 387 g/mol. The van der Waals surface area contributed by atoms with Gasteiger partial charge in [0, 0.05) is 11.6 Å². The second-order valence-electron chi connectivity index (χ2n) is 5.63. The zero-order chi connectivity index (χ0) is 19.2. The minimum absolute atomic E-state index is 0.00710. The fourth-order valence-corrected chi connectivity index (χ4v) is 2.59. The number of rotatable bonds is 5. The number of nitrogens with zero attached hydrogens (tertiary/aromatic N) is 1. The SMILES string of the molecule is O=C(COc1ccc(Cl)c2cccnc12)NNC(=O)Cc1ccc(F)cc1. The van der Waals surface area contributed by atoms with Gasteiger partial charge in [-0.3, -0.25) is 25.4 Å². The van der Waals surface area contributed by atoms with E-state index in [0.717, 1.165) is 0 Å². The molecule has 1 aromatic heterocycles. The van der Waals surface area contributed by atoms with Crippen LogP contribution in [0, 0.1) is 5.82 Å². The summed E-state index contributed by atoms with van der Waals surface area (Å²) in [5.74, 6) is -0.952. The molecule has 0 aliphatic heterocycles. The van der Waals surface area contributed by atoms with Crippen molar-refractivity contribution in [3.8, 4) is 5.75 Å². The fourth-order valence-electron chi connectivity index (χ4n) is 2.38. The van der Waals surface area contributed by atoms with Crippen LogP contribution in [0.4, 0.5) is 4.39 Å². The number of carbonyl (C=O) groups is 2. The first-order chi connectivity index (χ1) is 13.0. The lowest BCUT2D eigenvalue weighted by Gasteiger charge is -2.10. The Kier molecular flexibility index (Phi) is 5.83. The van der Waals surface area contributed by atoms with Gasteiger partial charge in [0.25, 0.3) is 5.91 Å². The molecule has 0 saturated heterocycles. The van der Waals surface area contributed by atoms with Gasteiger partial charge in [-0.15, -0.1) is 0 Å². The zero-order valence-corrected chi connectivity index (χ0v) is 14.8. The number of pyridine rings is 1. The van der Waals surface area contributed by atoms with E-state index in [0.29, 0.717) is 27.2 Å². The summed E-state index contributed by atoms with van der Waals surface area (Å²) < 4.78 is 18.3. The minimum Gasteiger partial charge on any atom is -0.481 e. The van der Waals surface area contributed by atoms with E-state index in [4.69, 9.17) is 16.3 Å². The second kappa shape index (κ2) is 8.46. The highest BCUT2D eigenvalue weighted by atomic mass is 35.5. The van der Waals surface area contributed by atoms with Crippen molar-refractivity contribution in [1.82, 2.24) is 15.8 Å². The van der Waals surface area contributed by atoms with E-state index in [-0.39, 0.29) is 18.8 Å². The highest BCUT2D eigenvalue weighted by Gasteiger charge is 2.10. The molecule has 0 aliphatic carbocycles. The van der Waals surface area contributed by atoms with Gasteiger partial charge < -0.3 is 4.74 Å². The van der Waals surface area contributed by atoms with E-state index >= 15 is 0 Å². The quantitative estimate of drug-likeness (QED) is 0.660. The van der Waals surface area contributed by atoms with Crippen LogP contribution in [-0.2, 0) is 16.0 Å². The Balaban J connectivity index is 1.51. The Morgan fingerprint density at radius 3 is 2.56 bits per heavy atom. The summed E-state index contributed by atoms with van der Waals surface area (Å²) in [4.78, 5) is 27.9. The third kappa shape index (κ3) is 4.92. The summed E-state index contributed by atoms with van der Waals surface area (Å²) in [6.45, 7) is -0.315. The molecule has 8 heteroatoms. The highest BCUT2D eigenvalue weighted by Crippen LogP contribution is 2.29. The molecule has 3 aromatic rings. The van der Waals surface area contributed by atoms with Crippen molar-refractivity contribution in [3.63, 3.8) is 0 Å². The number of benzene rings is 2. The molecule has 3 rings (SSSR count). The van der Waals surface area contributed by atoms with Crippen LogP contribution in [0.15, 0.2) is 54.7 Å². The van der Waals surface area contributed by atoms with E-state index in [1.807, 2.05) is 0 Å². The third-order valence-corrected chi connectivity index (χ3v) is 3.99. The van der Waals surface area contributed by atoms with Gasteiger partial charge in [0.15, 0.2) is 6.61 Å². The van der Waals surface area contributed by atoms with Crippen molar-refractivity contribution in [1.29, 1.82) is 0 Å². The van der Waals surface area contributed by atoms with Gasteiger partial charge in [0.1, 0.15) is 17.1 Å². The molecule has 138 valence electrons. The van der Waals surface area contributed by atoms with Crippen molar-refractivity contribution in [2.24, 2.45) is 0 Å². The van der Waals surface area contributed by atoms with Crippen LogP contribution in [0.5, 0.6) is 5.75 Å². The zero-order valence-electron chi connectivity index (χ0n) is 14.0. The molecule has 0 spiro atoms. The first-order valence-electron chi connectivity index (χ1n) is 8.01. The summed E-state index contributed by atoms with van der Waals surface area (Å²) >= 11 is 6.11. The average molecular weight is 388 g/mol. The Hall–Kier alpha value is -3.19. The number of hydrogen-bond acceptors (Lipinski definition) is 4. The van der Waals surface area contributed by atoms with Gasteiger partial charge in [-0.05, 0) is 42.0 Å². The number of ether oxygens (including phenoxy) is 1. The molecule has 0 unspecified atom stereocenters. The van der Waals surface area contributed by atoms with Crippen LogP contribution < -0.4 is 15.6 Å². The Morgan fingerprint density at radius 1 is 1.04 bits per heavy atom. The number of amides is 2. The van der Waals surface area contributed by atoms with E-state index in [9.17, 15) is 14.0 Å². The number of carbonyl (C=O) groups excluding carboxylic acids is 2. The molecule has 6 nitrogen and oxygen atoms in total. The second-order valence-corrected chi connectivity index (χ2v) is 6.04. The topological polar surface area (TPSA) is 80.3 Å². The third-order valence-electron chi connectivity index (χ3n) is 3.66. The maximum Gasteiger partial charge on any atom is 0.276 e. The molecule has 0 radical (unpaired) electrons. The Labute approximate surface area is 159 Å². The number of hydrogen-bond donors (Lipinski definition) is 2. The predicted molar refractivity (Wildman–Crippen MR) is 98.6 cm³/mol. The lowest BCUT2D eigenvalue weighted by molar-refractivity contribution is -0.129. The number of halogens is 2. The number of hydrazine groups is 1. The van der Waals surface area contributed by atoms with E-state index in [1.54, 1.807) is 30.5 Å². The number of fused-ring (bicyclic) bond motifs is 1. The smallest absolute Gasteiger partial charge is 0.276 e. The Morgan fingerprint density at radius 2 is 1.78 bits per heavy atom. The molecule has 1 heterocycles. The minimum atomic E-state index is -0.540. The molecule has 0 aliphatic rings. The molecule has 0 saturated carbocycles. The maximum atomic E-state index is 12.8. The molecule has 0 atom stereocenters. The van der Waals surface area contributed by atoms with E-state index in [2.05, 4.69) is 15.8 Å². The van der Waals surface area contributed by atoms with Crippen LogP contribution in [0.1, 0.15) is 5.56 Å². The normalized spacial score (nSPS) is 10.4. The molecule has 2 amide bonds. The maximum absolute atomic E-state index is 12.8. The summed E-state index contributed by atoms with van der Waals surface area (Å²) in [6.07, 6.45) is 1.61. The molecular formula is C19H15ClFN3O3.